The van der Waals surface area contributed by atoms with E-state index in [1.54, 1.807) is 48.5 Å². The third-order valence-electron chi connectivity index (χ3n) is 4.82. The van der Waals surface area contributed by atoms with E-state index in [0.717, 1.165) is 11.1 Å². The van der Waals surface area contributed by atoms with E-state index >= 15 is 0 Å². The van der Waals surface area contributed by atoms with Gasteiger partial charge in [-0.05, 0) is 19.4 Å². The number of rotatable bonds is 5. The van der Waals surface area contributed by atoms with Crippen LogP contribution in [0.15, 0.2) is 48.5 Å². The molecule has 0 amide bonds. The van der Waals surface area contributed by atoms with Crippen LogP contribution in [0.5, 0.6) is 0 Å². The third kappa shape index (κ3) is 3.82. The van der Waals surface area contributed by atoms with E-state index in [-0.39, 0.29) is 12.0 Å². The summed E-state index contributed by atoms with van der Waals surface area (Å²) in [4.78, 5) is 25.8. The predicted octanol–water partition coefficient (Wildman–Crippen LogP) is 2.87. The summed E-state index contributed by atoms with van der Waals surface area (Å²) in [6.07, 6.45) is -3.32. The number of aliphatic hydroxyl groups excluding tert-OH is 1. The summed E-state index contributed by atoms with van der Waals surface area (Å²) in [6, 6.07) is 13.4. The van der Waals surface area contributed by atoms with Gasteiger partial charge in [0, 0.05) is 12.0 Å². The number of alkyl halides is 1. The maximum atomic E-state index is 12.9. The molecule has 2 aromatic rings. The Bertz CT molecular complexity index is 846. The van der Waals surface area contributed by atoms with Crippen LogP contribution >= 0.6 is 11.6 Å². The molecule has 3 rings (SSSR count). The molecule has 1 heterocycles. The normalized spacial score (nSPS) is 26.0. The number of Topliss-reactive ketones (excluding diaryl/α,β-unsaturated/α-hetero) is 2. The van der Waals surface area contributed by atoms with Gasteiger partial charge in [0.2, 0.25) is 0 Å². The van der Waals surface area contributed by atoms with Crippen molar-refractivity contribution in [2.75, 3.05) is 0 Å². The number of ketones is 2. The number of aliphatic hydroxyl groups is 2. The first-order valence-electron chi connectivity index (χ1n) is 8.64. The van der Waals surface area contributed by atoms with Crippen molar-refractivity contribution in [3.63, 3.8) is 0 Å². The Kier molecular flexibility index (Phi) is 5.49. The van der Waals surface area contributed by atoms with E-state index in [4.69, 9.17) is 16.3 Å². The molecule has 4 atom stereocenters. The largest absolute Gasteiger partial charge is 0.380 e. The third-order valence-corrected chi connectivity index (χ3v) is 5.07. The Morgan fingerprint density at radius 3 is 2.15 bits per heavy atom. The molecule has 142 valence electrons. The molecule has 1 fully saturated rings. The second-order valence-corrected chi connectivity index (χ2v) is 7.45. The number of halogens is 1. The Morgan fingerprint density at radius 1 is 1.07 bits per heavy atom. The lowest BCUT2D eigenvalue weighted by atomic mass is 9.83. The number of hydrogen-bond acceptors (Lipinski definition) is 5. The average Bonchev–Trinajstić information content (AvgIpc) is 2.96. The van der Waals surface area contributed by atoms with Crippen LogP contribution in [0.25, 0.3) is 0 Å². The lowest BCUT2D eigenvalue weighted by Gasteiger charge is -2.27. The second kappa shape index (κ2) is 7.52. The molecule has 5 nitrogen and oxygen atoms in total. The standard InChI is InChI=1S/C21H21ClO5/c1-12-3-7-14(8-4-12)17(23)18(24)20-21(26,11-16(22)27-20)19(25)15-9-5-13(2)6-10-15/h3-10,16-17,20,23,26H,11H2,1-2H3/t16-,17?,20-,21-/m1/s1. The van der Waals surface area contributed by atoms with E-state index in [2.05, 4.69) is 0 Å². The predicted molar refractivity (Wildman–Crippen MR) is 101 cm³/mol. The van der Waals surface area contributed by atoms with Crippen LogP contribution in [0.4, 0.5) is 0 Å². The van der Waals surface area contributed by atoms with Crippen LogP contribution in [0, 0.1) is 13.8 Å². The van der Waals surface area contributed by atoms with Gasteiger partial charge in [0.15, 0.2) is 23.3 Å². The molecule has 2 N–H and O–H groups in total. The van der Waals surface area contributed by atoms with Crippen molar-refractivity contribution < 1.29 is 24.5 Å². The average molecular weight is 389 g/mol. The summed E-state index contributed by atoms with van der Waals surface area (Å²) >= 11 is 6.00. The zero-order valence-electron chi connectivity index (χ0n) is 15.1. The molecule has 6 heteroatoms. The van der Waals surface area contributed by atoms with Crippen molar-refractivity contribution in [2.45, 2.75) is 43.6 Å². The highest BCUT2D eigenvalue weighted by molar-refractivity contribution is 6.21. The van der Waals surface area contributed by atoms with E-state index in [9.17, 15) is 19.8 Å². The minimum atomic E-state index is -2.13. The van der Waals surface area contributed by atoms with Gasteiger partial charge >= 0.3 is 0 Å². The molecule has 27 heavy (non-hydrogen) atoms. The molecular formula is C21H21ClO5. The first kappa shape index (κ1) is 19.7. The highest BCUT2D eigenvalue weighted by Gasteiger charge is 2.56. The number of aryl methyl sites for hydroxylation is 2. The summed E-state index contributed by atoms with van der Waals surface area (Å²) < 4.78 is 5.36. The SMILES string of the molecule is Cc1ccc(C(=O)[C@]2(O)C[C@H](Cl)O[C@@H]2C(=O)C(O)c2ccc(C)cc2)cc1. The molecule has 0 aromatic heterocycles. The van der Waals surface area contributed by atoms with E-state index in [1.165, 1.54) is 0 Å². The van der Waals surface area contributed by atoms with E-state index in [0.29, 0.717) is 5.56 Å². The number of hydrogen-bond donors (Lipinski definition) is 2. The highest BCUT2D eigenvalue weighted by Crippen LogP contribution is 2.38. The van der Waals surface area contributed by atoms with Gasteiger partial charge in [0.05, 0.1) is 0 Å². The molecule has 1 saturated heterocycles. The van der Waals surface area contributed by atoms with Crippen molar-refractivity contribution in [3.05, 3.63) is 70.8 Å². The maximum absolute atomic E-state index is 12.9. The number of carbonyl (C=O) groups is 2. The van der Waals surface area contributed by atoms with Crippen LogP contribution in [0.1, 0.15) is 39.6 Å². The molecule has 0 radical (unpaired) electrons. The summed E-state index contributed by atoms with van der Waals surface area (Å²) in [6.45, 7) is 3.76. The summed E-state index contributed by atoms with van der Waals surface area (Å²) in [5.41, 5.74) is -0.605. The summed E-state index contributed by atoms with van der Waals surface area (Å²) in [5, 5.41) is 21.5. The van der Waals surface area contributed by atoms with Gasteiger partial charge < -0.3 is 14.9 Å². The summed E-state index contributed by atoms with van der Waals surface area (Å²) in [5.74, 6) is -1.45. The molecule has 0 spiro atoms. The molecule has 1 aliphatic rings. The molecule has 1 unspecified atom stereocenters. The zero-order chi connectivity index (χ0) is 19.8. The fraction of sp³-hybridized carbons (Fsp3) is 0.333. The van der Waals surface area contributed by atoms with Gasteiger partial charge in [-0.2, -0.15) is 0 Å². The van der Waals surface area contributed by atoms with E-state index in [1.807, 2.05) is 13.8 Å². The van der Waals surface area contributed by atoms with Crippen LogP contribution in [0.3, 0.4) is 0 Å². The van der Waals surface area contributed by atoms with Crippen LogP contribution in [-0.2, 0) is 9.53 Å². The minimum absolute atomic E-state index is 0.238. The quantitative estimate of drug-likeness (QED) is 0.607. The molecule has 0 bridgehead atoms. The summed E-state index contributed by atoms with van der Waals surface area (Å²) in [7, 11) is 0. The Hall–Kier alpha value is -2.05. The van der Waals surface area contributed by atoms with Crippen LogP contribution in [-0.4, -0.2) is 39.0 Å². The van der Waals surface area contributed by atoms with Crippen molar-refractivity contribution in [1.82, 2.24) is 0 Å². The van der Waals surface area contributed by atoms with Gasteiger partial charge in [-0.25, -0.2) is 0 Å². The number of carbonyl (C=O) groups excluding carboxylic acids is 2. The fourth-order valence-corrected chi connectivity index (χ4v) is 3.52. The molecule has 1 aliphatic heterocycles. The van der Waals surface area contributed by atoms with Crippen LogP contribution in [0.2, 0.25) is 0 Å². The maximum Gasteiger partial charge on any atom is 0.197 e. The van der Waals surface area contributed by atoms with Gasteiger partial charge in [0.1, 0.15) is 11.7 Å². The minimum Gasteiger partial charge on any atom is -0.380 e. The number of ether oxygens (including phenoxy) is 1. The fourth-order valence-electron chi connectivity index (χ4n) is 3.19. The molecule has 0 aliphatic carbocycles. The lowest BCUT2D eigenvalue weighted by molar-refractivity contribution is -0.144. The highest BCUT2D eigenvalue weighted by atomic mass is 35.5. The molecule has 2 aromatic carbocycles. The van der Waals surface area contributed by atoms with Gasteiger partial charge in [-0.3, -0.25) is 9.59 Å². The zero-order valence-corrected chi connectivity index (χ0v) is 15.8. The van der Waals surface area contributed by atoms with Crippen LogP contribution < -0.4 is 0 Å². The van der Waals surface area contributed by atoms with Gasteiger partial charge in [-0.15, -0.1) is 0 Å². The van der Waals surface area contributed by atoms with Crippen molar-refractivity contribution >= 4 is 23.2 Å². The first-order chi connectivity index (χ1) is 12.7. The molecule has 0 saturated carbocycles. The van der Waals surface area contributed by atoms with Gasteiger partial charge in [-0.1, -0.05) is 71.3 Å². The Morgan fingerprint density at radius 2 is 1.59 bits per heavy atom. The van der Waals surface area contributed by atoms with Crippen molar-refractivity contribution in [2.24, 2.45) is 0 Å². The second-order valence-electron chi connectivity index (χ2n) is 6.97. The Balaban J connectivity index is 1.90. The van der Waals surface area contributed by atoms with Crippen molar-refractivity contribution in [1.29, 1.82) is 0 Å². The Labute approximate surface area is 162 Å². The number of benzene rings is 2. The van der Waals surface area contributed by atoms with Gasteiger partial charge in [0.25, 0.3) is 0 Å². The topological polar surface area (TPSA) is 83.8 Å². The van der Waals surface area contributed by atoms with E-state index < -0.39 is 34.9 Å². The molecular weight excluding hydrogens is 368 g/mol. The first-order valence-corrected chi connectivity index (χ1v) is 9.08. The van der Waals surface area contributed by atoms with Crippen molar-refractivity contribution in [3.8, 4) is 0 Å². The monoisotopic (exact) mass is 388 g/mol. The lowest BCUT2D eigenvalue weighted by Crippen LogP contribution is -2.51. The smallest absolute Gasteiger partial charge is 0.197 e.